The second kappa shape index (κ2) is 5.73. The molecule has 0 bridgehead atoms. The van der Waals surface area contributed by atoms with Crippen LogP contribution in [0.25, 0.3) is 10.6 Å². The molecule has 1 saturated carbocycles. The van der Waals surface area contributed by atoms with E-state index in [9.17, 15) is 0 Å². The maximum atomic E-state index is 5.87. The lowest BCUT2D eigenvalue weighted by atomic mass is 10.0. The Bertz CT molecular complexity index is 597. The molecule has 0 amide bonds. The largest absolute Gasteiger partial charge is 0.378 e. The number of nitrogens with one attached hydrogen (secondary N) is 1. The van der Waals surface area contributed by atoms with Crippen molar-refractivity contribution < 1.29 is 4.74 Å². The summed E-state index contributed by atoms with van der Waals surface area (Å²) < 4.78 is 5.87. The third kappa shape index (κ3) is 3.09. The monoisotopic (exact) mass is 301 g/mol. The molecule has 1 aromatic heterocycles. The van der Waals surface area contributed by atoms with Gasteiger partial charge in [0.05, 0.1) is 6.10 Å². The number of anilines is 1. The number of rotatable bonds is 4. The van der Waals surface area contributed by atoms with Crippen LogP contribution in [0.3, 0.4) is 0 Å². The second-order valence-corrected chi connectivity index (χ2v) is 6.87. The molecular weight excluding hydrogens is 282 g/mol. The topological polar surface area (TPSA) is 47.0 Å². The summed E-state index contributed by atoms with van der Waals surface area (Å²) in [5.41, 5.74) is 1.13. The molecule has 4 nitrogen and oxygen atoms in total. The van der Waals surface area contributed by atoms with E-state index < -0.39 is 0 Å². The fourth-order valence-electron chi connectivity index (χ4n) is 2.91. The molecule has 21 heavy (non-hydrogen) atoms. The minimum Gasteiger partial charge on any atom is -0.378 e. The van der Waals surface area contributed by atoms with Gasteiger partial charge in [0.2, 0.25) is 5.13 Å². The van der Waals surface area contributed by atoms with E-state index in [0.29, 0.717) is 12.1 Å². The van der Waals surface area contributed by atoms with Crippen molar-refractivity contribution in [3.63, 3.8) is 0 Å². The summed E-state index contributed by atoms with van der Waals surface area (Å²) in [7, 11) is 0. The Morgan fingerprint density at radius 2 is 1.95 bits per heavy atom. The zero-order chi connectivity index (χ0) is 14.1. The summed E-state index contributed by atoms with van der Waals surface area (Å²) in [6.45, 7) is 0.864. The number of aromatic nitrogens is 2. The van der Waals surface area contributed by atoms with Crippen LogP contribution in [0.2, 0.25) is 0 Å². The van der Waals surface area contributed by atoms with Crippen molar-refractivity contribution in [1.29, 1.82) is 0 Å². The number of benzene rings is 1. The van der Waals surface area contributed by atoms with E-state index >= 15 is 0 Å². The number of ether oxygens (including phenoxy) is 1. The maximum absolute atomic E-state index is 5.87. The van der Waals surface area contributed by atoms with Crippen LogP contribution in [0.5, 0.6) is 0 Å². The predicted octanol–water partition coefficient (Wildman–Crippen LogP) is 3.57. The van der Waals surface area contributed by atoms with Gasteiger partial charge in [-0.2, -0.15) is 0 Å². The van der Waals surface area contributed by atoms with Gasteiger partial charge >= 0.3 is 0 Å². The van der Waals surface area contributed by atoms with Crippen LogP contribution in [-0.4, -0.2) is 29.0 Å². The van der Waals surface area contributed by atoms with E-state index in [4.69, 9.17) is 4.74 Å². The standard InChI is InChI=1S/C16H19N3OS/c1-2-4-12(5-3-1)15-18-19-16(21-15)17-13-8-9-20-14(10-13)11-6-7-11/h1-5,11,13-14H,6-10H2,(H,17,19). The van der Waals surface area contributed by atoms with Gasteiger partial charge in [-0.05, 0) is 31.6 Å². The molecule has 1 N–H and O–H groups in total. The number of hydrogen-bond donors (Lipinski definition) is 1. The van der Waals surface area contributed by atoms with Gasteiger partial charge in [-0.15, -0.1) is 10.2 Å². The molecule has 0 radical (unpaired) electrons. The molecule has 110 valence electrons. The smallest absolute Gasteiger partial charge is 0.206 e. The minimum atomic E-state index is 0.456. The summed E-state index contributed by atoms with van der Waals surface area (Å²) in [6, 6.07) is 10.7. The number of hydrogen-bond acceptors (Lipinski definition) is 5. The van der Waals surface area contributed by atoms with Gasteiger partial charge in [-0.25, -0.2) is 0 Å². The van der Waals surface area contributed by atoms with Crippen LogP contribution < -0.4 is 5.32 Å². The molecule has 2 fully saturated rings. The van der Waals surface area contributed by atoms with Crippen molar-refractivity contribution in [2.45, 2.75) is 37.8 Å². The Hall–Kier alpha value is -1.46. The fraction of sp³-hybridized carbons (Fsp3) is 0.500. The predicted molar refractivity (Wildman–Crippen MR) is 84.5 cm³/mol. The molecule has 2 heterocycles. The summed E-state index contributed by atoms with van der Waals surface area (Å²) >= 11 is 1.63. The first-order valence-corrected chi connectivity index (χ1v) is 8.47. The Labute approximate surface area is 128 Å². The van der Waals surface area contributed by atoms with Crippen LogP contribution in [0.4, 0.5) is 5.13 Å². The van der Waals surface area contributed by atoms with Crippen LogP contribution in [0.15, 0.2) is 30.3 Å². The second-order valence-electron chi connectivity index (χ2n) is 5.89. The van der Waals surface area contributed by atoms with E-state index in [1.54, 1.807) is 11.3 Å². The SMILES string of the molecule is c1ccc(-c2nnc(NC3CCOC(C4CC4)C3)s2)cc1. The van der Waals surface area contributed by atoms with E-state index in [1.165, 1.54) is 12.8 Å². The highest BCUT2D eigenvalue weighted by atomic mass is 32.1. The lowest BCUT2D eigenvalue weighted by molar-refractivity contribution is -0.00219. The molecule has 1 aliphatic carbocycles. The summed E-state index contributed by atoms with van der Waals surface area (Å²) in [4.78, 5) is 0. The average molecular weight is 301 g/mol. The van der Waals surface area contributed by atoms with Crippen molar-refractivity contribution in [1.82, 2.24) is 10.2 Å². The zero-order valence-corrected chi connectivity index (χ0v) is 12.7. The molecule has 2 atom stereocenters. The highest BCUT2D eigenvalue weighted by molar-refractivity contribution is 7.18. The highest BCUT2D eigenvalue weighted by Gasteiger charge is 2.36. The fourth-order valence-corrected chi connectivity index (χ4v) is 3.74. The molecule has 4 rings (SSSR count). The molecule has 5 heteroatoms. The minimum absolute atomic E-state index is 0.456. The maximum Gasteiger partial charge on any atom is 0.206 e. The summed E-state index contributed by atoms with van der Waals surface area (Å²) in [5, 5.41) is 14.0. The van der Waals surface area contributed by atoms with Crippen LogP contribution in [-0.2, 0) is 4.74 Å². The van der Waals surface area contributed by atoms with Crippen molar-refractivity contribution in [3.8, 4) is 10.6 Å². The van der Waals surface area contributed by atoms with Crippen molar-refractivity contribution in [2.75, 3.05) is 11.9 Å². The zero-order valence-electron chi connectivity index (χ0n) is 11.9. The van der Waals surface area contributed by atoms with Crippen molar-refractivity contribution in [2.24, 2.45) is 5.92 Å². The molecule has 1 saturated heterocycles. The van der Waals surface area contributed by atoms with Gasteiger partial charge in [0.25, 0.3) is 0 Å². The summed E-state index contributed by atoms with van der Waals surface area (Å²) in [6.07, 6.45) is 5.30. The van der Waals surface area contributed by atoms with E-state index in [-0.39, 0.29) is 0 Å². The van der Waals surface area contributed by atoms with E-state index in [1.807, 2.05) is 18.2 Å². The lowest BCUT2D eigenvalue weighted by Crippen LogP contribution is -2.35. The summed E-state index contributed by atoms with van der Waals surface area (Å²) in [5.74, 6) is 0.809. The Morgan fingerprint density at radius 3 is 2.76 bits per heavy atom. The Balaban J connectivity index is 1.42. The molecule has 2 unspecified atom stereocenters. The Morgan fingerprint density at radius 1 is 1.10 bits per heavy atom. The third-order valence-corrected chi connectivity index (χ3v) is 5.14. The van der Waals surface area contributed by atoms with Crippen LogP contribution in [0.1, 0.15) is 25.7 Å². The van der Waals surface area contributed by atoms with Gasteiger partial charge in [-0.1, -0.05) is 41.7 Å². The molecule has 2 aromatic rings. The lowest BCUT2D eigenvalue weighted by Gasteiger charge is -2.29. The molecule has 2 aliphatic rings. The number of nitrogens with zero attached hydrogens (tertiary/aromatic N) is 2. The highest BCUT2D eigenvalue weighted by Crippen LogP contribution is 2.38. The first-order valence-electron chi connectivity index (χ1n) is 7.65. The van der Waals surface area contributed by atoms with Gasteiger partial charge in [-0.3, -0.25) is 0 Å². The third-order valence-electron chi connectivity index (χ3n) is 4.24. The molecular formula is C16H19N3OS. The molecule has 1 aromatic carbocycles. The average Bonchev–Trinajstić information content (AvgIpc) is 3.29. The first kappa shape index (κ1) is 13.2. The normalized spacial score (nSPS) is 25.7. The van der Waals surface area contributed by atoms with Crippen molar-refractivity contribution >= 4 is 16.5 Å². The first-order chi connectivity index (χ1) is 10.4. The van der Waals surface area contributed by atoms with Gasteiger partial charge < -0.3 is 10.1 Å². The quantitative estimate of drug-likeness (QED) is 0.937. The van der Waals surface area contributed by atoms with Gasteiger partial charge in [0.1, 0.15) is 5.01 Å². The molecule has 1 aliphatic heterocycles. The van der Waals surface area contributed by atoms with Crippen molar-refractivity contribution in [3.05, 3.63) is 30.3 Å². The van der Waals surface area contributed by atoms with Gasteiger partial charge in [0, 0.05) is 18.2 Å². The van der Waals surface area contributed by atoms with Gasteiger partial charge in [0.15, 0.2) is 0 Å². The van der Waals surface area contributed by atoms with E-state index in [0.717, 1.165) is 41.1 Å². The van der Waals surface area contributed by atoms with Crippen LogP contribution in [0, 0.1) is 5.92 Å². The van der Waals surface area contributed by atoms with Crippen LogP contribution >= 0.6 is 11.3 Å². The molecule has 0 spiro atoms. The Kier molecular flexibility index (Phi) is 3.61. The van der Waals surface area contributed by atoms with E-state index in [2.05, 4.69) is 27.6 Å².